The zero-order valence-electron chi connectivity index (χ0n) is 11.0. The lowest BCUT2D eigenvalue weighted by atomic mass is 10.1. The molecule has 20 heavy (non-hydrogen) atoms. The first kappa shape index (κ1) is 14.0. The molecule has 0 fully saturated rings. The maximum atomic E-state index is 10.7. The fourth-order valence-electron chi connectivity index (χ4n) is 1.84. The van der Waals surface area contributed by atoms with Crippen molar-refractivity contribution >= 4 is 22.7 Å². The number of nitrogens with zero attached hydrogens (tertiary/aromatic N) is 4. The monoisotopic (exact) mass is 288 g/mol. The SMILES string of the molecule is Cc1ncsc1CN(C)c1ccc([N+](=O)[O-])cc1C#N. The number of hydrogen-bond acceptors (Lipinski definition) is 6. The summed E-state index contributed by atoms with van der Waals surface area (Å²) in [5.74, 6) is 0. The second-order valence-electron chi connectivity index (χ2n) is 4.29. The van der Waals surface area contributed by atoms with Crippen molar-refractivity contribution in [1.29, 1.82) is 5.26 Å². The number of thiazole rings is 1. The van der Waals surface area contributed by atoms with Gasteiger partial charge in [0.15, 0.2) is 0 Å². The lowest BCUT2D eigenvalue weighted by Gasteiger charge is -2.19. The molecule has 102 valence electrons. The van der Waals surface area contributed by atoms with E-state index in [4.69, 9.17) is 5.26 Å². The first-order valence-electron chi connectivity index (χ1n) is 5.81. The predicted molar refractivity (Wildman–Crippen MR) is 76.8 cm³/mol. The van der Waals surface area contributed by atoms with E-state index in [0.29, 0.717) is 17.8 Å². The highest BCUT2D eigenvalue weighted by Crippen LogP contribution is 2.26. The second-order valence-corrected chi connectivity index (χ2v) is 5.23. The molecule has 1 heterocycles. The summed E-state index contributed by atoms with van der Waals surface area (Å²) in [7, 11) is 1.85. The summed E-state index contributed by atoms with van der Waals surface area (Å²) in [6, 6.07) is 6.32. The largest absolute Gasteiger partial charge is 0.368 e. The van der Waals surface area contributed by atoms with Crippen LogP contribution in [-0.2, 0) is 6.54 Å². The van der Waals surface area contributed by atoms with Gasteiger partial charge in [-0.3, -0.25) is 10.1 Å². The fourth-order valence-corrected chi connectivity index (χ4v) is 2.67. The molecule has 7 heteroatoms. The molecule has 0 N–H and O–H groups in total. The van der Waals surface area contributed by atoms with Crippen LogP contribution in [0.15, 0.2) is 23.7 Å². The lowest BCUT2D eigenvalue weighted by molar-refractivity contribution is -0.384. The number of rotatable bonds is 4. The molecule has 0 amide bonds. The lowest BCUT2D eigenvalue weighted by Crippen LogP contribution is -2.17. The van der Waals surface area contributed by atoms with Gasteiger partial charge in [0, 0.05) is 24.1 Å². The van der Waals surface area contributed by atoms with Crippen LogP contribution in [0, 0.1) is 28.4 Å². The minimum Gasteiger partial charge on any atom is -0.368 e. The Balaban J connectivity index is 2.30. The molecular formula is C13H12N4O2S. The quantitative estimate of drug-likeness (QED) is 0.638. The molecule has 0 saturated carbocycles. The van der Waals surface area contributed by atoms with Gasteiger partial charge in [-0.15, -0.1) is 11.3 Å². The van der Waals surface area contributed by atoms with Gasteiger partial charge in [0.1, 0.15) is 6.07 Å². The van der Waals surface area contributed by atoms with Crippen LogP contribution in [0.25, 0.3) is 0 Å². The molecule has 0 radical (unpaired) electrons. The Kier molecular flexibility index (Phi) is 3.96. The van der Waals surface area contributed by atoms with Gasteiger partial charge in [0.25, 0.3) is 5.69 Å². The topological polar surface area (TPSA) is 83.1 Å². The van der Waals surface area contributed by atoms with E-state index in [2.05, 4.69) is 4.98 Å². The summed E-state index contributed by atoms with van der Waals surface area (Å²) in [6.07, 6.45) is 0. The van der Waals surface area contributed by atoms with Crippen molar-refractivity contribution < 1.29 is 4.92 Å². The number of aromatic nitrogens is 1. The molecule has 2 aromatic rings. The predicted octanol–water partition coefficient (Wildman–Crippen LogP) is 2.87. The van der Waals surface area contributed by atoms with Gasteiger partial charge in [-0.1, -0.05) is 0 Å². The van der Waals surface area contributed by atoms with Crippen LogP contribution in [0.1, 0.15) is 16.1 Å². The number of anilines is 1. The van der Waals surface area contributed by atoms with Crippen LogP contribution in [0.2, 0.25) is 0 Å². The summed E-state index contributed by atoms with van der Waals surface area (Å²) in [5, 5.41) is 19.9. The van der Waals surface area contributed by atoms with Crippen molar-refractivity contribution in [2.45, 2.75) is 13.5 Å². The van der Waals surface area contributed by atoms with Gasteiger partial charge in [0.2, 0.25) is 0 Å². The van der Waals surface area contributed by atoms with E-state index in [9.17, 15) is 10.1 Å². The molecule has 6 nitrogen and oxygen atoms in total. The zero-order valence-corrected chi connectivity index (χ0v) is 11.8. The average molecular weight is 288 g/mol. The van der Waals surface area contributed by atoms with Crippen molar-refractivity contribution in [2.24, 2.45) is 0 Å². The Morgan fingerprint density at radius 3 is 2.85 bits per heavy atom. The maximum absolute atomic E-state index is 10.7. The summed E-state index contributed by atoms with van der Waals surface area (Å²) in [4.78, 5) is 17.4. The zero-order chi connectivity index (χ0) is 14.7. The Labute approximate surface area is 120 Å². The third kappa shape index (κ3) is 2.75. The van der Waals surface area contributed by atoms with Crippen molar-refractivity contribution in [2.75, 3.05) is 11.9 Å². The summed E-state index contributed by atoms with van der Waals surface area (Å²) >= 11 is 1.55. The van der Waals surface area contributed by atoms with Crippen molar-refractivity contribution in [3.63, 3.8) is 0 Å². The highest BCUT2D eigenvalue weighted by atomic mass is 32.1. The van der Waals surface area contributed by atoms with E-state index in [0.717, 1.165) is 10.6 Å². The van der Waals surface area contributed by atoms with E-state index in [1.807, 2.05) is 24.9 Å². The Hall–Kier alpha value is -2.46. The van der Waals surface area contributed by atoms with Gasteiger partial charge >= 0.3 is 0 Å². The van der Waals surface area contributed by atoms with Crippen LogP contribution < -0.4 is 4.90 Å². The molecule has 0 atom stereocenters. The minimum atomic E-state index is -0.502. The second kappa shape index (κ2) is 5.67. The normalized spacial score (nSPS) is 10.1. The third-order valence-electron chi connectivity index (χ3n) is 2.95. The van der Waals surface area contributed by atoms with Gasteiger partial charge in [-0.05, 0) is 13.0 Å². The molecule has 0 bridgehead atoms. The highest BCUT2D eigenvalue weighted by Gasteiger charge is 2.14. The van der Waals surface area contributed by atoms with E-state index in [-0.39, 0.29) is 5.69 Å². The summed E-state index contributed by atoms with van der Waals surface area (Å²) in [6.45, 7) is 2.55. The first-order chi connectivity index (χ1) is 9.52. The van der Waals surface area contributed by atoms with Crippen molar-refractivity contribution in [3.8, 4) is 6.07 Å². The highest BCUT2D eigenvalue weighted by molar-refractivity contribution is 7.09. The maximum Gasteiger partial charge on any atom is 0.270 e. The number of hydrogen-bond donors (Lipinski definition) is 0. The van der Waals surface area contributed by atoms with Crippen LogP contribution >= 0.6 is 11.3 Å². The number of non-ortho nitro benzene ring substituents is 1. The third-order valence-corrected chi connectivity index (χ3v) is 3.87. The molecule has 0 spiro atoms. The van der Waals surface area contributed by atoms with E-state index in [1.54, 1.807) is 22.9 Å². The number of nitriles is 1. The first-order valence-corrected chi connectivity index (χ1v) is 6.69. The van der Waals surface area contributed by atoms with E-state index >= 15 is 0 Å². The average Bonchev–Trinajstić information content (AvgIpc) is 2.83. The van der Waals surface area contributed by atoms with E-state index < -0.39 is 4.92 Å². The van der Waals surface area contributed by atoms with Crippen molar-refractivity contribution in [3.05, 3.63) is 50.0 Å². The van der Waals surface area contributed by atoms with Crippen LogP contribution in [0.5, 0.6) is 0 Å². The van der Waals surface area contributed by atoms with E-state index in [1.165, 1.54) is 12.1 Å². The van der Waals surface area contributed by atoms with Crippen LogP contribution in [-0.4, -0.2) is 17.0 Å². The van der Waals surface area contributed by atoms with Crippen molar-refractivity contribution in [1.82, 2.24) is 4.98 Å². The summed E-state index contributed by atoms with van der Waals surface area (Å²) < 4.78 is 0. The molecule has 1 aromatic carbocycles. The fraction of sp³-hybridized carbons (Fsp3) is 0.231. The number of nitro benzene ring substituents is 1. The van der Waals surface area contributed by atoms with Gasteiger partial charge < -0.3 is 4.90 Å². The number of benzene rings is 1. The molecule has 0 aliphatic carbocycles. The molecule has 2 rings (SSSR count). The summed E-state index contributed by atoms with van der Waals surface area (Å²) in [5.41, 5.74) is 3.63. The Morgan fingerprint density at radius 2 is 2.30 bits per heavy atom. The molecule has 0 saturated heterocycles. The molecular weight excluding hydrogens is 276 g/mol. The Bertz CT molecular complexity index is 690. The standard InChI is InChI=1S/C13H12N4O2S/c1-9-13(20-8-15-9)7-16(2)12-4-3-11(17(18)19)5-10(12)6-14/h3-5,8H,7H2,1-2H3. The van der Waals surface area contributed by atoms with Gasteiger partial charge in [-0.25, -0.2) is 4.98 Å². The molecule has 1 aromatic heterocycles. The Morgan fingerprint density at radius 1 is 1.55 bits per heavy atom. The molecule has 0 unspecified atom stereocenters. The molecule has 0 aliphatic rings. The van der Waals surface area contributed by atoms with Gasteiger partial charge in [-0.2, -0.15) is 5.26 Å². The minimum absolute atomic E-state index is 0.0762. The van der Waals surface area contributed by atoms with Crippen LogP contribution in [0.3, 0.4) is 0 Å². The number of aryl methyl sites for hydroxylation is 1. The number of nitro groups is 1. The van der Waals surface area contributed by atoms with Gasteiger partial charge in [0.05, 0.1) is 33.9 Å². The smallest absolute Gasteiger partial charge is 0.270 e. The molecule has 0 aliphatic heterocycles. The van der Waals surface area contributed by atoms with Crippen LogP contribution in [0.4, 0.5) is 11.4 Å².